The van der Waals surface area contributed by atoms with Crippen molar-refractivity contribution in [1.82, 2.24) is 0 Å². The molecule has 4 N–H and O–H groups in total. The second-order valence-electron chi connectivity index (χ2n) is 6.31. The smallest absolute Gasteiger partial charge is 0.204 e. The lowest BCUT2D eigenvalue weighted by atomic mass is 10.00. The largest absolute Gasteiger partial charge is 0.372 e. The Labute approximate surface area is 174 Å². The number of carbonyl (C=O) groups is 1. The van der Waals surface area contributed by atoms with Crippen LogP contribution in [0.1, 0.15) is 41.8 Å². The molecule has 0 bridgehead atoms. The molecule has 148 valence electrons. The van der Waals surface area contributed by atoms with Gasteiger partial charge >= 0.3 is 0 Å². The predicted octanol–water partition coefficient (Wildman–Crippen LogP) is 4.53. The fourth-order valence-corrected chi connectivity index (χ4v) is 4.38. The van der Waals surface area contributed by atoms with Crippen LogP contribution in [0.4, 0.5) is 5.00 Å². The minimum absolute atomic E-state index is 0.250. The van der Waals surface area contributed by atoms with Crippen LogP contribution >= 0.6 is 22.9 Å². The highest BCUT2D eigenvalue weighted by molar-refractivity contribution is 7.17. The van der Waals surface area contributed by atoms with Gasteiger partial charge in [-0.15, -0.1) is 11.3 Å². The topological polar surface area (TPSA) is 106 Å². The van der Waals surface area contributed by atoms with Crippen molar-refractivity contribution in [2.45, 2.75) is 40.2 Å². The Balaban J connectivity index is 0.000000878. The molecule has 28 heavy (non-hydrogen) atoms. The standard InChI is InChI=1S/C19H21ClN4S.CH3NO/c1-5-15-18(22)24(12(4)21)19-16(10(2)11(3)25-19)17(23-15)13-6-8-14(20)9-7-13;2-1-3/h6-9,15,21-22H,5H2,1-4H3;1H,(H2,2,3). The maximum Gasteiger partial charge on any atom is 0.204 e. The lowest BCUT2D eigenvalue weighted by Gasteiger charge is -2.24. The molecule has 1 unspecified atom stereocenters. The van der Waals surface area contributed by atoms with E-state index in [2.05, 4.69) is 19.6 Å². The molecule has 1 atom stereocenters. The van der Waals surface area contributed by atoms with Gasteiger partial charge in [-0.1, -0.05) is 30.7 Å². The number of aliphatic imine (C=N–C) groups is 1. The predicted molar refractivity (Wildman–Crippen MR) is 119 cm³/mol. The van der Waals surface area contributed by atoms with Gasteiger partial charge in [-0.25, -0.2) is 0 Å². The summed E-state index contributed by atoms with van der Waals surface area (Å²) in [7, 11) is 0. The number of benzene rings is 1. The van der Waals surface area contributed by atoms with Gasteiger partial charge in [-0.3, -0.25) is 25.5 Å². The Morgan fingerprint density at radius 2 is 1.93 bits per heavy atom. The Morgan fingerprint density at radius 1 is 1.36 bits per heavy atom. The molecule has 2 aromatic rings. The van der Waals surface area contributed by atoms with Crippen LogP contribution in [0.5, 0.6) is 0 Å². The third-order valence-electron chi connectivity index (χ3n) is 4.49. The number of carbonyl (C=O) groups excluding carboxylic acids is 1. The van der Waals surface area contributed by atoms with Crippen molar-refractivity contribution in [3.8, 4) is 0 Å². The third kappa shape index (κ3) is 4.15. The Kier molecular flexibility index (Phi) is 7.10. The molecule has 0 spiro atoms. The Bertz CT molecular complexity index is 933. The van der Waals surface area contributed by atoms with Crippen molar-refractivity contribution in [3.05, 3.63) is 50.9 Å². The van der Waals surface area contributed by atoms with Crippen molar-refractivity contribution in [1.29, 1.82) is 10.8 Å². The fourth-order valence-electron chi connectivity index (χ4n) is 3.03. The minimum Gasteiger partial charge on any atom is -0.372 e. The van der Waals surface area contributed by atoms with Gasteiger partial charge in [0, 0.05) is 21.0 Å². The SMILES string of the molecule is CCC1N=C(c2ccc(Cl)cc2)c2c(sc(C)c2C)N(C(C)=N)C1=N.NC=O. The summed E-state index contributed by atoms with van der Waals surface area (Å²) >= 11 is 7.68. The molecule has 8 heteroatoms. The highest BCUT2D eigenvalue weighted by atomic mass is 35.5. The molecule has 0 fully saturated rings. The molecule has 0 saturated carbocycles. The summed E-state index contributed by atoms with van der Waals surface area (Å²) in [6.45, 7) is 7.91. The quantitative estimate of drug-likeness (QED) is 0.379. The molecule has 1 aromatic heterocycles. The molecule has 0 saturated heterocycles. The van der Waals surface area contributed by atoms with Crippen LogP contribution in [-0.2, 0) is 4.79 Å². The summed E-state index contributed by atoms with van der Waals surface area (Å²) in [6.07, 6.45) is 0.965. The third-order valence-corrected chi connectivity index (χ3v) is 5.93. The maximum atomic E-state index is 8.63. The zero-order valence-corrected chi connectivity index (χ0v) is 17.9. The van der Waals surface area contributed by atoms with Crippen LogP contribution in [-0.4, -0.2) is 29.8 Å². The molecule has 3 rings (SSSR count). The monoisotopic (exact) mass is 417 g/mol. The lowest BCUT2D eigenvalue weighted by Crippen LogP contribution is -2.39. The van der Waals surface area contributed by atoms with E-state index < -0.39 is 0 Å². The molecule has 1 amide bonds. The van der Waals surface area contributed by atoms with Crippen LogP contribution in [0.25, 0.3) is 0 Å². The molecule has 1 aliphatic heterocycles. The number of hydrogen-bond acceptors (Lipinski definition) is 5. The fraction of sp³-hybridized carbons (Fsp3) is 0.300. The van der Waals surface area contributed by atoms with Crippen molar-refractivity contribution in [3.63, 3.8) is 0 Å². The summed E-state index contributed by atoms with van der Waals surface area (Å²) in [5.74, 6) is 0.708. The van der Waals surface area contributed by atoms with Crippen molar-refractivity contribution in [2.75, 3.05) is 4.90 Å². The average molecular weight is 418 g/mol. The number of hydrogen-bond donors (Lipinski definition) is 3. The summed E-state index contributed by atoms with van der Waals surface area (Å²) in [6, 6.07) is 7.40. The van der Waals surface area contributed by atoms with E-state index in [0.717, 1.165) is 27.4 Å². The molecule has 6 nitrogen and oxygen atoms in total. The first-order valence-electron chi connectivity index (χ1n) is 8.79. The number of nitrogens with two attached hydrogens (primary N) is 1. The van der Waals surface area contributed by atoms with Gasteiger partial charge in [0.1, 0.15) is 22.7 Å². The Morgan fingerprint density at radius 3 is 2.43 bits per heavy atom. The minimum atomic E-state index is -0.273. The number of nitrogens with one attached hydrogen (secondary N) is 2. The zero-order chi connectivity index (χ0) is 21.0. The van der Waals surface area contributed by atoms with Crippen LogP contribution in [0.2, 0.25) is 5.02 Å². The second kappa shape index (κ2) is 9.12. The van der Waals surface area contributed by atoms with E-state index in [1.165, 1.54) is 4.88 Å². The second-order valence-corrected chi connectivity index (χ2v) is 7.95. The van der Waals surface area contributed by atoms with Gasteiger partial charge in [0.25, 0.3) is 0 Å². The number of nitrogens with zero attached hydrogens (tertiary/aromatic N) is 2. The normalized spacial score (nSPS) is 15.8. The van der Waals surface area contributed by atoms with E-state index in [1.807, 2.05) is 31.2 Å². The molecule has 2 heterocycles. The van der Waals surface area contributed by atoms with E-state index in [-0.39, 0.29) is 12.5 Å². The summed E-state index contributed by atoms with van der Waals surface area (Å²) in [5.41, 5.74) is 8.22. The summed E-state index contributed by atoms with van der Waals surface area (Å²) < 4.78 is 0. The summed E-state index contributed by atoms with van der Waals surface area (Å²) in [5, 5.41) is 18.5. The maximum absolute atomic E-state index is 8.63. The van der Waals surface area contributed by atoms with E-state index in [1.54, 1.807) is 23.2 Å². The molecule has 0 aliphatic carbocycles. The number of anilines is 1. The number of rotatable bonds is 2. The molecule has 1 aliphatic rings. The van der Waals surface area contributed by atoms with Gasteiger partial charge in [0.2, 0.25) is 6.41 Å². The van der Waals surface area contributed by atoms with Crippen molar-refractivity contribution < 1.29 is 4.79 Å². The average Bonchev–Trinajstić information content (AvgIpc) is 2.85. The van der Waals surface area contributed by atoms with E-state index >= 15 is 0 Å². The van der Waals surface area contributed by atoms with E-state index in [0.29, 0.717) is 23.1 Å². The highest BCUT2D eigenvalue weighted by Gasteiger charge is 2.32. The van der Waals surface area contributed by atoms with E-state index in [4.69, 9.17) is 32.2 Å². The number of fused-ring (bicyclic) bond motifs is 1. The van der Waals surface area contributed by atoms with E-state index in [9.17, 15) is 0 Å². The molecule has 1 aromatic carbocycles. The van der Waals surface area contributed by atoms with Crippen LogP contribution in [0.3, 0.4) is 0 Å². The van der Waals surface area contributed by atoms with Gasteiger partial charge in [-0.2, -0.15) is 0 Å². The summed E-state index contributed by atoms with van der Waals surface area (Å²) in [4.78, 5) is 16.4. The van der Waals surface area contributed by atoms with Gasteiger partial charge in [-0.05, 0) is 44.9 Å². The molecular formula is C20H24ClN5OS. The molecule has 0 radical (unpaired) electrons. The van der Waals surface area contributed by atoms with Crippen LogP contribution in [0.15, 0.2) is 29.3 Å². The van der Waals surface area contributed by atoms with Crippen molar-refractivity contribution >= 4 is 51.7 Å². The van der Waals surface area contributed by atoms with Gasteiger partial charge in [0.15, 0.2) is 0 Å². The number of aryl methyl sites for hydroxylation is 1. The number of primary amides is 1. The number of halogens is 1. The van der Waals surface area contributed by atoms with Gasteiger partial charge < -0.3 is 5.73 Å². The van der Waals surface area contributed by atoms with Crippen LogP contribution < -0.4 is 10.6 Å². The Hall–Kier alpha value is -2.51. The number of amides is 1. The zero-order valence-electron chi connectivity index (χ0n) is 16.3. The first-order valence-corrected chi connectivity index (χ1v) is 9.99. The first-order chi connectivity index (χ1) is 13.3. The number of amidine groups is 2. The lowest BCUT2D eigenvalue weighted by molar-refractivity contribution is -0.106. The van der Waals surface area contributed by atoms with Gasteiger partial charge in [0.05, 0.1) is 5.71 Å². The first kappa shape index (κ1) is 21.8. The molecular weight excluding hydrogens is 394 g/mol. The van der Waals surface area contributed by atoms with Crippen LogP contribution in [0, 0.1) is 24.7 Å². The number of thiophene rings is 1. The van der Waals surface area contributed by atoms with Crippen molar-refractivity contribution in [2.24, 2.45) is 10.7 Å². The highest BCUT2D eigenvalue weighted by Crippen LogP contribution is 2.40.